The smallest absolute Gasteiger partial charge is 0 e. The van der Waals surface area contributed by atoms with Gasteiger partial charge in [-0.05, 0) is 0 Å². The predicted octanol–water partition coefficient (Wildman–Crippen LogP) is -4.22. The van der Waals surface area contributed by atoms with Crippen LogP contribution in [0.1, 0.15) is 0 Å². The molecular weight excluding hydrogens is 296 g/mol. The predicted molar refractivity (Wildman–Crippen MR) is 23.0 cm³/mol. The first-order valence-electron chi connectivity index (χ1n) is 0. The molecule has 0 bridgehead atoms. The van der Waals surface area contributed by atoms with Gasteiger partial charge in [-0.15, -0.1) is 0 Å². The molecule has 8 N–H and O–H groups in total. The standard InChI is InChI=1S/4H2O.Sn.Ti.Zn.2H/h4*1H2;;;;;. The summed E-state index contributed by atoms with van der Waals surface area (Å²) in [6.07, 6.45) is 0. The van der Waals surface area contributed by atoms with Crippen molar-refractivity contribution >= 4 is 23.9 Å². The SMILES string of the molecule is O.O.O.O.[SnH2].[Ti].[Zn]. The van der Waals surface area contributed by atoms with Gasteiger partial charge in [-0.3, -0.25) is 0 Å². The molecule has 4 nitrogen and oxygen atoms in total. The van der Waals surface area contributed by atoms with Crippen molar-refractivity contribution in [2.24, 2.45) is 0 Å². The zero-order valence-corrected chi connectivity index (χ0v) is 12.5. The molecule has 0 atom stereocenters. The van der Waals surface area contributed by atoms with E-state index in [0.717, 1.165) is 0 Å². The van der Waals surface area contributed by atoms with Crippen molar-refractivity contribution in [2.45, 2.75) is 0 Å². The monoisotopic (exact) mass is 306 g/mol. The molecule has 0 heterocycles. The van der Waals surface area contributed by atoms with Crippen LogP contribution in [0.5, 0.6) is 0 Å². The molecule has 0 aliphatic heterocycles. The fraction of sp³-hybridized carbons (Fsp3) is 0. The maximum absolute atomic E-state index is 0. The minimum atomic E-state index is 0. The van der Waals surface area contributed by atoms with Gasteiger partial charge in [-0.2, -0.15) is 0 Å². The minimum absolute atomic E-state index is 0. The molecule has 7 heteroatoms. The van der Waals surface area contributed by atoms with Gasteiger partial charge in [0.25, 0.3) is 0 Å². The van der Waals surface area contributed by atoms with E-state index in [2.05, 4.69) is 0 Å². The molecule has 0 saturated heterocycles. The Morgan fingerprint density at radius 1 is 0.571 bits per heavy atom. The van der Waals surface area contributed by atoms with E-state index in [1.807, 2.05) is 0 Å². The summed E-state index contributed by atoms with van der Waals surface area (Å²) in [7, 11) is 0. The summed E-state index contributed by atoms with van der Waals surface area (Å²) < 4.78 is 0. The maximum Gasteiger partial charge on any atom is 0 e. The molecule has 2 radical (unpaired) electrons. The molecule has 0 spiro atoms. The Balaban J connectivity index is 0. The van der Waals surface area contributed by atoms with Crippen molar-refractivity contribution in [3.63, 3.8) is 0 Å². The summed E-state index contributed by atoms with van der Waals surface area (Å²) >= 11 is 0. The molecule has 7 heavy (non-hydrogen) atoms. The van der Waals surface area contributed by atoms with Crippen molar-refractivity contribution in [3.05, 3.63) is 0 Å². The van der Waals surface area contributed by atoms with Crippen molar-refractivity contribution in [2.75, 3.05) is 0 Å². The third-order valence-corrected chi connectivity index (χ3v) is 0. The van der Waals surface area contributed by atoms with Crippen LogP contribution in [0.15, 0.2) is 0 Å². The van der Waals surface area contributed by atoms with E-state index in [1.54, 1.807) is 0 Å². The Morgan fingerprint density at radius 3 is 0.571 bits per heavy atom. The van der Waals surface area contributed by atoms with Crippen molar-refractivity contribution < 1.29 is 63.1 Å². The Bertz CT molecular complexity index is 11.7. The summed E-state index contributed by atoms with van der Waals surface area (Å²) in [6.45, 7) is 0. The maximum atomic E-state index is 0. The number of hydrogen-bond acceptors (Lipinski definition) is 0. The van der Waals surface area contributed by atoms with Gasteiger partial charge >= 0.3 is 23.9 Å². The topological polar surface area (TPSA) is 126 Å². The quantitative estimate of drug-likeness (QED) is 0.402. The van der Waals surface area contributed by atoms with Gasteiger partial charge < -0.3 is 21.9 Å². The third-order valence-electron chi connectivity index (χ3n) is 0. The number of hydrogen-bond donors (Lipinski definition) is 0. The van der Waals surface area contributed by atoms with Crippen LogP contribution in [0.3, 0.4) is 0 Å². The van der Waals surface area contributed by atoms with Gasteiger partial charge in [0.05, 0.1) is 0 Å². The normalized spacial score (nSPS) is 0. The first kappa shape index (κ1) is 146. The molecule has 0 aromatic carbocycles. The van der Waals surface area contributed by atoms with E-state index in [9.17, 15) is 0 Å². The summed E-state index contributed by atoms with van der Waals surface area (Å²) in [6, 6.07) is 0. The molecule has 0 aliphatic carbocycles. The largest absolute Gasteiger partial charge is 0 e. The third kappa shape index (κ3) is 72.9. The average molecular weight is 306 g/mol. The summed E-state index contributed by atoms with van der Waals surface area (Å²) in [4.78, 5) is 0. The summed E-state index contributed by atoms with van der Waals surface area (Å²) in [5.41, 5.74) is 0. The van der Waals surface area contributed by atoms with Crippen molar-refractivity contribution in [1.82, 2.24) is 0 Å². The molecule has 0 aromatic rings. The van der Waals surface area contributed by atoms with Crippen LogP contribution < -0.4 is 0 Å². The van der Waals surface area contributed by atoms with Crippen LogP contribution in [0.4, 0.5) is 0 Å². The van der Waals surface area contributed by atoms with Crippen LogP contribution in [-0.4, -0.2) is 45.8 Å². The van der Waals surface area contributed by atoms with Crippen LogP contribution >= 0.6 is 0 Å². The first-order chi connectivity index (χ1) is 0. The van der Waals surface area contributed by atoms with Crippen molar-refractivity contribution in [1.29, 1.82) is 0 Å². The van der Waals surface area contributed by atoms with Crippen LogP contribution in [0.2, 0.25) is 0 Å². The van der Waals surface area contributed by atoms with Crippen LogP contribution in [-0.2, 0) is 41.2 Å². The second kappa shape index (κ2) is 99.4. The van der Waals surface area contributed by atoms with E-state index < -0.39 is 0 Å². The average Bonchev–Trinajstić information content (AvgIpc) is 0. The zero-order valence-electron chi connectivity index (χ0n) is 3.91. The summed E-state index contributed by atoms with van der Waals surface area (Å²) in [5, 5.41) is 0. The Morgan fingerprint density at radius 2 is 0.571 bits per heavy atom. The fourth-order valence-corrected chi connectivity index (χ4v) is 0. The van der Waals surface area contributed by atoms with E-state index in [0.29, 0.717) is 0 Å². The second-order valence-corrected chi connectivity index (χ2v) is 0. The van der Waals surface area contributed by atoms with E-state index in [1.165, 1.54) is 0 Å². The molecule has 0 fully saturated rings. The fourth-order valence-electron chi connectivity index (χ4n) is 0. The minimum Gasteiger partial charge on any atom is 0 e. The van der Waals surface area contributed by atoms with Gasteiger partial charge in [-0.25, -0.2) is 0 Å². The molecule has 0 amide bonds. The molecule has 0 aromatic heterocycles. The zero-order chi connectivity index (χ0) is 0. The molecule has 0 rings (SSSR count). The second-order valence-electron chi connectivity index (χ2n) is 0. The van der Waals surface area contributed by atoms with Crippen LogP contribution in [0.25, 0.3) is 0 Å². The van der Waals surface area contributed by atoms with Gasteiger partial charge in [0.2, 0.25) is 0 Å². The molecule has 0 saturated carbocycles. The van der Waals surface area contributed by atoms with Gasteiger partial charge in [0.1, 0.15) is 0 Å². The Kier molecular flexibility index (Phi) is 2080. The van der Waals surface area contributed by atoms with E-state index in [4.69, 9.17) is 0 Å². The van der Waals surface area contributed by atoms with Crippen LogP contribution in [0, 0.1) is 0 Å². The van der Waals surface area contributed by atoms with E-state index >= 15 is 0 Å². The Labute approximate surface area is 86.3 Å². The molecule has 44 valence electrons. The van der Waals surface area contributed by atoms with Gasteiger partial charge in [0.15, 0.2) is 0 Å². The molecule has 0 aliphatic rings. The van der Waals surface area contributed by atoms with Crippen molar-refractivity contribution in [3.8, 4) is 0 Å². The van der Waals surface area contributed by atoms with Gasteiger partial charge in [0, 0.05) is 41.2 Å². The summed E-state index contributed by atoms with van der Waals surface area (Å²) in [5.74, 6) is 0. The molecular formula is H10O4SnTiZn. The first-order valence-corrected chi connectivity index (χ1v) is 0. The number of rotatable bonds is 0. The Hall–Kier alpha value is 1.98. The van der Waals surface area contributed by atoms with Gasteiger partial charge in [-0.1, -0.05) is 0 Å². The van der Waals surface area contributed by atoms with E-state index in [-0.39, 0.29) is 87.0 Å². The molecule has 0 unspecified atom stereocenters.